The van der Waals surface area contributed by atoms with E-state index in [1.165, 1.54) is 53.6 Å². The molecule has 2 nitrogen and oxygen atoms in total. The molecule has 0 saturated heterocycles. The Kier molecular flexibility index (Phi) is 8.62. The number of hydrogen-bond acceptors (Lipinski definition) is 3. The van der Waals surface area contributed by atoms with Gasteiger partial charge in [-0.15, -0.1) is 11.3 Å². The third-order valence-electron chi connectivity index (χ3n) is 12.6. The minimum absolute atomic E-state index is 0.452. The van der Waals surface area contributed by atoms with Gasteiger partial charge in [-0.1, -0.05) is 194 Å². The monoisotopic (exact) mass is 806 g/mol. The van der Waals surface area contributed by atoms with Crippen molar-refractivity contribution in [1.29, 1.82) is 0 Å². The number of thiophene rings is 1. The molecular formula is C59H38N2S. The smallest absolute Gasteiger partial charge is 0.160 e. The molecule has 3 heteroatoms. The minimum atomic E-state index is -0.452. The zero-order valence-corrected chi connectivity index (χ0v) is 34.6. The van der Waals surface area contributed by atoms with Crippen molar-refractivity contribution in [3.8, 4) is 67.3 Å². The van der Waals surface area contributed by atoms with Crippen LogP contribution in [0.5, 0.6) is 0 Å². The molecule has 2 heterocycles. The predicted molar refractivity (Wildman–Crippen MR) is 259 cm³/mol. The van der Waals surface area contributed by atoms with Crippen molar-refractivity contribution in [3.63, 3.8) is 0 Å². The largest absolute Gasteiger partial charge is 0.228 e. The van der Waals surface area contributed by atoms with Crippen molar-refractivity contribution < 1.29 is 0 Å². The van der Waals surface area contributed by atoms with Gasteiger partial charge in [-0.05, 0) is 92.0 Å². The maximum Gasteiger partial charge on any atom is 0.160 e. The van der Waals surface area contributed by atoms with Gasteiger partial charge in [-0.3, -0.25) is 0 Å². The Morgan fingerprint density at radius 2 is 0.871 bits per heavy atom. The van der Waals surface area contributed by atoms with Gasteiger partial charge < -0.3 is 0 Å². The van der Waals surface area contributed by atoms with Crippen LogP contribution in [0.2, 0.25) is 0 Å². The molecule has 0 atom stereocenters. The number of benzene rings is 9. The molecule has 0 amide bonds. The maximum absolute atomic E-state index is 5.36. The normalized spacial score (nSPS) is 12.6. The first-order valence-corrected chi connectivity index (χ1v) is 22.0. The van der Waals surface area contributed by atoms with Crippen molar-refractivity contribution >= 4 is 31.5 Å². The average molecular weight is 807 g/mol. The molecule has 1 aliphatic carbocycles. The van der Waals surface area contributed by atoms with Crippen LogP contribution in [0, 0.1) is 0 Å². The summed E-state index contributed by atoms with van der Waals surface area (Å²) in [7, 11) is 0. The molecule has 0 N–H and O–H groups in total. The molecule has 0 aliphatic heterocycles. The van der Waals surface area contributed by atoms with Crippen molar-refractivity contribution in [2.45, 2.75) is 5.41 Å². The van der Waals surface area contributed by atoms with Gasteiger partial charge in [-0.25, -0.2) is 9.97 Å². The van der Waals surface area contributed by atoms with Crippen LogP contribution in [0.1, 0.15) is 22.3 Å². The fraction of sp³-hybridized carbons (Fsp3) is 0.0169. The molecule has 0 radical (unpaired) electrons. The molecule has 9 aromatic carbocycles. The number of nitrogens with zero attached hydrogens (tertiary/aromatic N) is 2. The molecule has 0 spiro atoms. The van der Waals surface area contributed by atoms with E-state index in [0.717, 1.165) is 50.3 Å². The Bertz CT molecular complexity index is 3410. The zero-order chi connectivity index (χ0) is 41.0. The first-order chi connectivity index (χ1) is 30.7. The van der Waals surface area contributed by atoms with Gasteiger partial charge in [0, 0.05) is 36.9 Å². The first-order valence-electron chi connectivity index (χ1n) is 21.1. The summed E-state index contributed by atoms with van der Waals surface area (Å²) in [6.07, 6.45) is 0. The Morgan fingerprint density at radius 3 is 1.61 bits per heavy atom. The van der Waals surface area contributed by atoms with E-state index in [4.69, 9.17) is 9.97 Å². The molecule has 1 aliphatic rings. The van der Waals surface area contributed by atoms with E-state index in [9.17, 15) is 0 Å². The molecule has 290 valence electrons. The van der Waals surface area contributed by atoms with Crippen molar-refractivity contribution in [2.24, 2.45) is 0 Å². The topological polar surface area (TPSA) is 25.8 Å². The van der Waals surface area contributed by atoms with E-state index in [1.807, 2.05) is 17.4 Å². The molecule has 0 fully saturated rings. The summed E-state index contributed by atoms with van der Waals surface area (Å²) in [5, 5.41) is 2.52. The van der Waals surface area contributed by atoms with Gasteiger partial charge in [0.2, 0.25) is 0 Å². The second kappa shape index (κ2) is 14.8. The van der Waals surface area contributed by atoms with Crippen molar-refractivity contribution in [3.05, 3.63) is 253 Å². The molecule has 0 unspecified atom stereocenters. The highest BCUT2D eigenvalue weighted by Crippen LogP contribution is 2.56. The van der Waals surface area contributed by atoms with Crippen LogP contribution < -0.4 is 0 Å². The van der Waals surface area contributed by atoms with E-state index in [2.05, 4.69) is 224 Å². The minimum Gasteiger partial charge on any atom is -0.228 e. The van der Waals surface area contributed by atoms with Crippen LogP contribution in [-0.4, -0.2) is 9.97 Å². The summed E-state index contributed by atoms with van der Waals surface area (Å²) in [4.78, 5) is 10.7. The molecular weight excluding hydrogens is 769 g/mol. The van der Waals surface area contributed by atoms with E-state index in [1.54, 1.807) is 0 Å². The highest BCUT2D eigenvalue weighted by atomic mass is 32.1. The lowest BCUT2D eigenvalue weighted by atomic mass is 9.67. The van der Waals surface area contributed by atoms with E-state index < -0.39 is 5.41 Å². The SMILES string of the molecule is c1ccc(-c2cc(-c3ccc4c(c3)-c3ccccc3C4(c3ccccc3)c3ccccc3)cc(-c3cc(-c4cccc5c4sc4ccccc45)nc(-c4ccccc4)n3)c2)cc1. The molecule has 62 heavy (non-hydrogen) atoms. The number of hydrogen-bond donors (Lipinski definition) is 0. The average Bonchev–Trinajstić information content (AvgIpc) is 3.89. The van der Waals surface area contributed by atoms with Crippen LogP contribution in [0.4, 0.5) is 0 Å². The Labute approximate surface area is 365 Å². The van der Waals surface area contributed by atoms with Gasteiger partial charge in [0.25, 0.3) is 0 Å². The second-order valence-corrected chi connectivity index (χ2v) is 17.1. The second-order valence-electron chi connectivity index (χ2n) is 16.1. The number of rotatable bonds is 7. The van der Waals surface area contributed by atoms with Crippen molar-refractivity contribution in [2.75, 3.05) is 0 Å². The van der Waals surface area contributed by atoms with Crippen LogP contribution in [0.15, 0.2) is 231 Å². The lowest BCUT2D eigenvalue weighted by molar-refractivity contribution is 0.768. The molecule has 0 saturated carbocycles. The summed E-state index contributed by atoms with van der Waals surface area (Å²) in [5.74, 6) is 0.704. The summed E-state index contributed by atoms with van der Waals surface area (Å²) in [6, 6.07) is 83.5. The van der Waals surface area contributed by atoms with Gasteiger partial charge in [-0.2, -0.15) is 0 Å². The lowest BCUT2D eigenvalue weighted by Gasteiger charge is -2.33. The van der Waals surface area contributed by atoms with Gasteiger partial charge >= 0.3 is 0 Å². The van der Waals surface area contributed by atoms with E-state index in [-0.39, 0.29) is 0 Å². The van der Waals surface area contributed by atoms with Crippen LogP contribution in [0.3, 0.4) is 0 Å². The van der Waals surface area contributed by atoms with Crippen LogP contribution in [-0.2, 0) is 5.41 Å². The third-order valence-corrected chi connectivity index (χ3v) is 13.8. The predicted octanol–water partition coefficient (Wildman–Crippen LogP) is 15.5. The fourth-order valence-corrected chi connectivity index (χ4v) is 11.0. The van der Waals surface area contributed by atoms with Crippen LogP contribution >= 0.6 is 11.3 Å². The standard InChI is InChI=1S/C59H38N2S/c1-5-18-39(19-6-1)42-34-43(41-32-33-53-51(37-41)47-26-13-15-30-52(47)59(53,45-22-9-3-10-23-45)46-24-11-4-12-25-46)36-44(35-42)54-38-55(61-58(60-54)40-20-7-2-8-21-40)50-29-17-28-49-48-27-14-16-31-56(48)62-57(49)50/h1-38H. The number of fused-ring (bicyclic) bond motifs is 6. The fourth-order valence-electron chi connectivity index (χ4n) is 9.77. The molecule has 12 rings (SSSR count). The summed E-state index contributed by atoms with van der Waals surface area (Å²) >= 11 is 1.83. The number of aromatic nitrogens is 2. The maximum atomic E-state index is 5.36. The Hall–Kier alpha value is -7.72. The van der Waals surface area contributed by atoms with E-state index >= 15 is 0 Å². The van der Waals surface area contributed by atoms with Gasteiger partial charge in [0.1, 0.15) is 0 Å². The summed E-state index contributed by atoms with van der Waals surface area (Å²) < 4.78 is 2.51. The summed E-state index contributed by atoms with van der Waals surface area (Å²) in [5.41, 5.74) is 16.7. The lowest BCUT2D eigenvalue weighted by Crippen LogP contribution is -2.28. The Balaban J connectivity index is 1.08. The quantitative estimate of drug-likeness (QED) is 0.160. The summed E-state index contributed by atoms with van der Waals surface area (Å²) in [6.45, 7) is 0. The Morgan fingerprint density at radius 1 is 0.323 bits per heavy atom. The van der Waals surface area contributed by atoms with Crippen molar-refractivity contribution in [1.82, 2.24) is 9.97 Å². The first kappa shape index (κ1) is 36.2. The van der Waals surface area contributed by atoms with Gasteiger partial charge in [0.05, 0.1) is 16.8 Å². The zero-order valence-electron chi connectivity index (χ0n) is 33.7. The van der Waals surface area contributed by atoms with Crippen LogP contribution in [0.25, 0.3) is 87.5 Å². The highest BCUT2D eigenvalue weighted by Gasteiger charge is 2.46. The molecule has 2 aromatic heterocycles. The highest BCUT2D eigenvalue weighted by molar-refractivity contribution is 7.26. The molecule has 11 aromatic rings. The van der Waals surface area contributed by atoms with Gasteiger partial charge in [0.15, 0.2) is 5.82 Å². The molecule has 0 bridgehead atoms. The van der Waals surface area contributed by atoms with E-state index in [0.29, 0.717) is 5.82 Å². The third kappa shape index (κ3) is 5.85.